The smallest absolute Gasteiger partial charge is 0.306 e. The van der Waals surface area contributed by atoms with Crippen molar-refractivity contribution in [3.05, 3.63) is 30.6 Å². The van der Waals surface area contributed by atoms with E-state index < -0.39 is 5.97 Å². The molecule has 1 amide bonds. The number of carbonyl (C=O) groups excluding carboxylic acids is 1. The summed E-state index contributed by atoms with van der Waals surface area (Å²) >= 11 is 1.50. The van der Waals surface area contributed by atoms with E-state index in [9.17, 15) is 9.59 Å². The third-order valence-corrected chi connectivity index (χ3v) is 5.51. The minimum Gasteiger partial charge on any atom is -0.481 e. The second-order valence-electron chi connectivity index (χ2n) is 6.23. The first-order valence-electron chi connectivity index (χ1n) is 8.18. The van der Waals surface area contributed by atoms with Gasteiger partial charge in [0.2, 0.25) is 5.91 Å². The van der Waals surface area contributed by atoms with Crippen LogP contribution in [-0.4, -0.2) is 31.7 Å². The molecule has 1 aliphatic rings. The SMILES string of the molecule is Cn1cnnc1Sc1ccc(NC(=O)C2CCC(C(=O)O)CC2)cc1. The molecule has 0 radical (unpaired) electrons. The minimum absolute atomic E-state index is 0.0301. The summed E-state index contributed by atoms with van der Waals surface area (Å²) in [4.78, 5) is 24.3. The highest BCUT2D eigenvalue weighted by molar-refractivity contribution is 7.99. The largest absolute Gasteiger partial charge is 0.481 e. The summed E-state index contributed by atoms with van der Waals surface area (Å²) in [5, 5.41) is 20.6. The van der Waals surface area contributed by atoms with Gasteiger partial charge in [-0.1, -0.05) is 0 Å². The van der Waals surface area contributed by atoms with E-state index in [1.807, 2.05) is 35.9 Å². The van der Waals surface area contributed by atoms with E-state index in [1.165, 1.54) is 11.8 Å². The minimum atomic E-state index is -0.755. The van der Waals surface area contributed by atoms with Crippen LogP contribution in [0.4, 0.5) is 5.69 Å². The van der Waals surface area contributed by atoms with Crippen LogP contribution in [0.15, 0.2) is 40.6 Å². The number of hydrogen-bond acceptors (Lipinski definition) is 5. The number of carbonyl (C=O) groups is 2. The number of anilines is 1. The van der Waals surface area contributed by atoms with Gasteiger partial charge in [0.15, 0.2) is 5.16 Å². The van der Waals surface area contributed by atoms with E-state index in [-0.39, 0.29) is 17.7 Å². The molecule has 2 N–H and O–H groups in total. The van der Waals surface area contributed by atoms with Crippen molar-refractivity contribution in [2.75, 3.05) is 5.32 Å². The van der Waals surface area contributed by atoms with Crippen LogP contribution < -0.4 is 5.32 Å². The summed E-state index contributed by atoms with van der Waals surface area (Å²) < 4.78 is 1.84. The van der Waals surface area contributed by atoms with E-state index in [0.29, 0.717) is 25.7 Å². The number of carboxylic acids is 1. The topological polar surface area (TPSA) is 97.1 Å². The van der Waals surface area contributed by atoms with Crippen molar-refractivity contribution in [2.24, 2.45) is 18.9 Å². The lowest BCUT2D eigenvalue weighted by Gasteiger charge is -2.25. The van der Waals surface area contributed by atoms with Crippen molar-refractivity contribution in [1.29, 1.82) is 0 Å². The molecule has 25 heavy (non-hydrogen) atoms. The molecule has 1 aliphatic carbocycles. The monoisotopic (exact) mass is 360 g/mol. The van der Waals surface area contributed by atoms with Crippen molar-refractivity contribution in [1.82, 2.24) is 14.8 Å². The number of aliphatic carboxylic acids is 1. The van der Waals surface area contributed by atoms with Gasteiger partial charge in [-0.2, -0.15) is 0 Å². The van der Waals surface area contributed by atoms with Gasteiger partial charge in [0.05, 0.1) is 5.92 Å². The molecule has 1 fully saturated rings. The van der Waals surface area contributed by atoms with Crippen LogP contribution in [0.2, 0.25) is 0 Å². The van der Waals surface area contributed by atoms with Crippen molar-refractivity contribution in [2.45, 2.75) is 35.7 Å². The third-order valence-electron chi connectivity index (χ3n) is 4.45. The Morgan fingerprint density at radius 3 is 2.36 bits per heavy atom. The number of rotatable bonds is 5. The molecule has 7 nitrogen and oxygen atoms in total. The lowest BCUT2D eigenvalue weighted by atomic mass is 9.81. The molecule has 0 spiro atoms. The van der Waals surface area contributed by atoms with E-state index in [2.05, 4.69) is 15.5 Å². The third kappa shape index (κ3) is 4.39. The predicted molar refractivity (Wildman–Crippen MR) is 93.3 cm³/mol. The summed E-state index contributed by atoms with van der Waals surface area (Å²) in [6, 6.07) is 7.57. The van der Waals surface area contributed by atoms with Crippen LogP contribution in [0.5, 0.6) is 0 Å². The molecule has 1 aromatic carbocycles. The predicted octanol–water partition coefficient (Wildman–Crippen LogP) is 2.80. The number of benzene rings is 1. The Morgan fingerprint density at radius 1 is 1.16 bits per heavy atom. The maximum Gasteiger partial charge on any atom is 0.306 e. The van der Waals surface area contributed by atoms with Gasteiger partial charge in [0.1, 0.15) is 6.33 Å². The summed E-state index contributed by atoms with van der Waals surface area (Å²) in [7, 11) is 1.88. The highest BCUT2D eigenvalue weighted by atomic mass is 32.2. The Labute approximate surface area is 149 Å². The van der Waals surface area contributed by atoms with Gasteiger partial charge >= 0.3 is 5.97 Å². The Bertz CT molecular complexity index is 752. The molecule has 0 atom stereocenters. The standard InChI is InChI=1S/C17H20N4O3S/c1-21-10-18-20-17(21)25-14-8-6-13(7-9-14)19-15(22)11-2-4-12(5-3-11)16(23)24/h6-12H,2-5H2,1H3,(H,19,22)(H,23,24). The van der Waals surface area contributed by atoms with Crippen LogP contribution in [0.25, 0.3) is 0 Å². The summed E-state index contributed by atoms with van der Waals surface area (Å²) in [6.45, 7) is 0. The number of nitrogens with zero attached hydrogens (tertiary/aromatic N) is 3. The number of amides is 1. The summed E-state index contributed by atoms with van der Waals surface area (Å²) in [5.74, 6) is -1.20. The van der Waals surface area contributed by atoms with Crippen LogP contribution in [0, 0.1) is 11.8 Å². The van der Waals surface area contributed by atoms with Crippen molar-refractivity contribution in [3.8, 4) is 0 Å². The highest BCUT2D eigenvalue weighted by Crippen LogP contribution is 2.30. The Balaban J connectivity index is 1.54. The number of aromatic nitrogens is 3. The fourth-order valence-electron chi connectivity index (χ4n) is 2.92. The Morgan fingerprint density at radius 2 is 1.80 bits per heavy atom. The molecule has 0 unspecified atom stereocenters. The van der Waals surface area contributed by atoms with Crippen molar-refractivity contribution >= 4 is 29.3 Å². The highest BCUT2D eigenvalue weighted by Gasteiger charge is 2.29. The average molecular weight is 360 g/mol. The first-order chi connectivity index (χ1) is 12.0. The molecule has 132 valence electrons. The molecule has 0 aliphatic heterocycles. The average Bonchev–Trinajstić information content (AvgIpc) is 3.01. The second-order valence-corrected chi connectivity index (χ2v) is 7.27. The fourth-order valence-corrected chi connectivity index (χ4v) is 3.69. The zero-order chi connectivity index (χ0) is 17.8. The molecule has 2 aromatic rings. The van der Waals surface area contributed by atoms with Crippen LogP contribution in [0.1, 0.15) is 25.7 Å². The second kappa shape index (κ2) is 7.69. The van der Waals surface area contributed by atoms with Crippen LogP contribution in [0.3, 0.4) is 0 Å². The number of aryl methyl sites for hydroxylation is 1. The van der Waals surface area contributed by atoms with Crippen LogP contribution >= 0.6 is 11.8 Å². The maximum absolute atomic E-state index is 12.3. The quantitative estimate of drug-likeness (QED) is 0.851. The molecular weight excluding hydrogens is 340 g/mol. The Kier molecular flexibility index (Phi) is 5.37. The maximum atomic E-state index is 12.3. The molecule has 8 heteroatoms. The van der Waals surface area contributed by atoms with E-state index in [0.717, 1.165) is 15.7 Å². The van der Waals surface area contributed by atoms with Crippen molar-refractivity contribution < 1.29 is 14.7 Å². The first kappa shape index (κ1) is 17.5. The van der Waals surface area contributed by atoms with Gasteiger partial charge in [0.25, 0.3) is 0 Å². The van der Waals surface area contributed by atoms with E-state index >= 15 is 0 Å². The zero-order valence-corrected chi connectivity index (χ0v) is 14.7. The zero-order valence-electron chi connectivity index (χ0n) is 13.9. The lowest BCUT2D eigenvalue weighted by molar-refractivity contribution is -0.143. The molecule has 1 heterocycles. The first-order valence-corrected chi connectivity index (χ1v) is 9.00. The molecule has 1 saturated carbocycles. The van der Waals surface area contributed by atoms with Gasteiger partial charge in [0, 0.05) is 23.5 Å². The molecular formula is C17H20N4O3S. The summed E-state index contributed by atoms with van der Waals surface area (Å²) in [5.41, 5.74) is 0.743. The Hall–Kier alpha value is -2.35. The number of nitrogens with one attached hydrogen (secondary N) is 1. The molecule has 1 aromatic heterocycles. The van der Waals surface area contributed by atoms with Gasteiger partial charge in [-0.15, -0.1) is 10.2 Å². The van der Waals surface area contributed by atoms with E-state index in [4.69, 9.17) is 5.11 Å². The van der Waals surface area contributed by atoms with Crippen molar-refractivity contribution in [3.63, 3.8) is 0 Å². The van der Waals surface area contributed by atoms with Gasteiger partial charge in [-0.05, 0) is 61.7 Å². The van der Waals surface area contributed by atoms with E-state index in [1.54, 1.807) is 6.33 Å². The number of hydrogen-bond donors (Lipinski definition) is 2. The summed E-state index contributed by atoms with van der Waals surface area (Å²) in [6.07, 6.45) is 4.04. The molecule has 0 saturated heterocycles. The van der Waals surface area contributed by atoms with Crippen LogP contribution in [-0.2, 0) is 16.6 Å². The molecule has 3 rings (SSSR count). The van der Waals surface area contributed by atoms with Gasteiger partial charge in [-0.25, -0.2) is 0 Å². The van der Waals surface area contributed by atoms with Gasteiger partial charge < -0.3 is 15.0 Å². The normalized spacial score (nSPS) is 20.2. The fraction of sp³-hybridized carbons (Fsp3) is 0.412. The molecule has 0 bridgehead atoms. The van der Waals surface area contributed by atoms with Gasteiger partial charge in [-0.3, -0.25) is 9.59 Å². The lowest BCUT2D eigenvalue weighted by Crippen LogP contribution is -2.29. The number of carboxylic acid groups (broad SMARTS) is 1.